The van der Waals surface area contributed by atoms with E-state index in [-0.39, 0.29) is 16.9 Å². The largest absolute Gasteiger partial charge is 0.341 e. The summed E-state index contributed by atoms with van der Waals surface area (Å²) in [6.45, 7) is 4.46. The second-order valence-electron chi connectivity index (χ2n) is 15.4. The summed E-state index contributed by atoms with van der Waals surface area (Å²) in [5, 5.41) is 19.8. The molecule has 2 aliphatic rings. The Labute approximate surface area is 366 Å². The molecule has 4 aromatic carbocycles. The second-order valence-corrected chi connectivity index (χ2v) is 17.7. The van der Waals surface area contributed by atoms with Crippen LogP contribution in [0.1, 0.15) is 62.5 Å². The first-order valence-corrected chi connectivity index (χ1v) is 22.3. The number of fused-ring (bicyclic) bond motifs is 6. The van der Waals surface area contributed by atoms with Gasteiger partial charge in [0.25, 0.3) is 11.1 Å². The minimum absolute atomic E-state index is 0.0800. The molecule has 6 heterocycles. The first kappa shape index (κ1) is 40.3. The normalized spacial score (nSPS) is 15.1. The van der Waals surface area contributed by atoms with Gasteiger partial charge in [0.1, 0.15) is 5.82 Å². The molecule has 0 spiro atoms. The van der Waals surface area contributed by atoms with Crippen LogP contribution in [0.4, 0.5) is 16.3 Å². The van der Waals surface area contributed by atoms with E-state index in [0.717, 1.165) is 94.9 Å². The van der Waals surface area contributed by atoms with Crippen molar-refractivity contribution in [2.45, 2.75) is 64.5 Å². The Bertz CT molecular complexity index is 2750. The number of nitrogens with zero attached hydrogens (tertiary/aromatic N) is 10. The molecule has 0 amide bonds. The summed E-state index contributed by atoms with van der Waals surface area (Å²) in [6, 6.07) is 25.2. The second kappa shape index (κ2) is 17.5. The maximum Gasteiger partial charge on any atom is 0.263 e. The Balaban J connectivity index is 0.000000154. The summed E-state index contributed by atoms with van der Waals surface area (Å²) in [5.74, 6) is 2.34. The Morgan fingerprint density at radius 2 is 0.933 bits per heavy atom. The summed E-state index contributed by atoms with van der Waals surface area (Å²) < 4.78 is 22.4. The van der Waals surface area contributed by atoms with Gasteiger partial charge in [-0.05, 0) is 97.5 Å². The lowest BCUT2D eigenvalue weighted by Gasteiger charge is -2.21. The van der Waals surface area contributed by atoms with Crippen molar-refractivity contribution < 1.29 is 4.39 Å². The van der Waals surface area contributed by atoms with E-state index in [4.69, 9.17) is 11.6 Å². The summed E-state index contributed by atoms with van der Waals surface area (Å²) in [6.07, 6.45) is 9.43. The predicted molar refractivity (Wildman–Crippen MR) is 242 cm³/mol. The van der Waals surface area contributed by atoms with Crippen LogP contribution in [0.25, 0.3) is 33.4 Å². The summed E-state index contributed by atoms with van der Waals surface area (Å²) in [7, 11) is 0. The highest BCUT2D eigenvalue weighted by atomic mass is 79.9. The van der Waals surface area contributed by atoms with Crippen LogP contribution in [-0.2, 0) is 13.1 Å². The van der Waals surface area contributed by atoms with Crippen LogP contribution < -0.4 is 20.9 Å². The van der Waals surface area contributed by atoms with E-state index >= 15 is 0 Å². The lowest BCUT2D eigenvalue weighted by atomic mass is 10.2. The smallest absolute Gasteiger partial charge is 0.263 e. The summed E-state index contributed by atoms with van der Waals surface area (Å²) in [5.41, 5.74) is 3.21. The molecule has 8 aromatic rings. The molecule has 0 unspecified atom stereocenters. The molecule has 12 nitrogen and oxygen atoms in total. The minimum Gasteiger partial charge on any atom is -0.341 e. The van der Waals surface area contributed by atoms with E-state index in [1.54, 1.807) is 21.3 Å². The highest BCUT2D eigenvalue weighted by Crippen LogP contribution is 2.27. The zero-order valence-electron chi connectivity index (χ0n) is 32.8. The van der Waals surface area contributed by atoms with Crippen LogP contribution >= 0.6 is 43.5 Å². The van der Waals surface area contributed by atoms with Gasteiger partial charge >= 0.3 is 0 Å². The average Bonchev–Trinajstić information content (AvgIpc) is 3.66. The van der Waals surface area contributed by atoms with Crippen molar-refractivity contribution in [1.82, 2.24) is 38.3 Å². The third-order valence-electron chi connectivity index (χ3n) is 11.4. The van der Waals surface area contributed by atoms with Gasteiger partial charge in [0.15, 0.2) is 0 Å². The third-order valence-corrected chi connectivity index (χ3v) is 12.6. The number of rotatable bonds is 6. The van der Waals surface area contributed by atoms with Gasteiger partial charge in [-0.1, -0.05) is 93.4 Å². The number of aromatic nitrogens is 8. The van der Waals surface area contributed by atoms with E-state index < -0.39 is 0 Å². The maximum atomic E-state index is 13.4. The number of hydrogen-bond donors (Lipinski definition) is 0. The van der Waals surface area contributed by atoms with Gasteiger partial charge in [0.2, 0.25) is 23.5 Å². The summed E-state index contributed by atoms with van der Waals surface area (Å²) >= 11 is 13.0. The van der Waals surface area contributed by atoms with Gasteiger partial charge in [-0.2, -0.15) is 0 Å². The zero-order valence-corrected chi connectivity index (χ0v) is 36.7. The quantitative estimate of drug-likeness (QED) is 0.162. The van der Waals surface area contributed by atoms with Crippen LogP contribution in [0.5, 0.6) is 0 Å². The van der Waals surface area contributed by atoms with Crippen molar-refractivity contribution in [3.8, 4) is 0 Å². The van der Waals surface area contributed by atoms with Crippen LogP contribution in [0.15, 0.2) is 103 Å². The molecular formula is C44H42Br2ClFN10O2. The number of benzene rings is 4. The lowest BCUT2D eigenvalue weighted by Crippen LogP contribution is -2.28. The average molecular weight is 957 g/mol. The van der Waals surface area contributed by atoms with E-state index in [0.29, 0.717) is 40.4 Å². The van der Waals surface area contributed by atoms with Crippen molar-refractivity contribution in [2.75, 3.05) is 36.0 Å². The van der Waals surface area contributed by atoms with Gasteiger partial charge in [-0.3, -0.25) is 18.7 Å². The molecule has 2 fully saturated rings. The Morgan fingerprint density at radius 3 is 1.35 bits per heavy atom. The first-order chi connectivity index (χ1) is 29.2. The maximum absolute atomic E-state index is 13.4. The van der Waals surface area contributed by atoms with E-state index in [1.807, 2.05) is 69.5 Å². The highest BCUT2D eigenvalue weighted by molar-refractivity contribution is 9.10. The van der Waals surface area contributed by atoms with Crippen LogP contribution in [-0.4, -0.2) is 64.5 Å². The standard InChI is InChI=1S/C22H21BrClN5O.C22H21BrFN5O/c2*23-16-7-10-19-18(13-16)20(30)28(14-15-5-8-17(24)9-6-15)22-26-25-21(29(19)22)27-11-3-1-2-4-12-27/h2*5-10,13H,1-4,11-12,14H2. The highest BCUT2D eigenvalue weighted by Gasteiger charge is 2.23. The summed E-state index contributed by atoms with van der Waals surface area (Å²) in [4.78, 5) is 31.4. The fourth-order valence-corrected chi connectivity index (χ4v) is 9.17. The molecule has 2 aliphatic heterocycles. The van der Waals surface area contributed by atoms with Crippen LogP contribution in [0.3, 0.4) is 0 Å². The predicted octanol–water partition coefficient (Wildman–Crippen LogP) is 9.26. The molecule has 0 aliphatic carbocycles. The minimum atomic E-state index is -0.301. The molecule has 10 rings (SSSR count). The Kier molecular flexibility index (Phi) is 11.7. The zero-order chi connectivity index (χ0) is 41.3. The van der Waals surface area contributed by atoms with Gasteiger partial charge < -0.3 is 9.80 Å². The van der Waals surface area contributed by atoms with Gasteiger partial charge in [-0.25, -0.2) is 13.2 Å². The topological polar surface area (TPSA) is 111 Å². The molecule has 4 aromatic heterocycles. The van der Waals surface area contributed by atoms with Gasteiger partial charge in [0.05, 0.1) is 34.9 Å². The fourth-order valence-electron chi connectivity index (χ4n) is 8.32. The molecule has 308 valence electrons. The van der Waals surface area contributed by atoms with Crippen molar-refractivity contribution in [3.63, 3.8) is 0 Å². The molecule has 16 heteroatoms. The molecule has 0 N–H and O–H groups in total. The van der Waals surface area contributed by atoms with Crippen molar-refractivity contribution in [3.05, 3.63) is 137 Å². The molecule has 0 bridgehead atoms. The number of halogens is 4. The number of hydrogen-bond acceptors (Lipinski definition) is 8. The monoisotopic (exact) mass is 954 g/mol. The lowest BCUT2D eigenvalue weighted by molar-refractivity contribution is 0.626. The molecule has 0 atom stereocenters. The molecular weight excluding hydrogens is 915 g/mol. The third kappa shape index (κ3) is 8.06. The SMILES string of the molecule is O=c1c2cc(Br)ccc2n2c(N3CCCCCC3)nnc2n1Cc1ccc(Cl)cc1.O=c1c2cc(Br)ccc2n2c(N3CCCCCC3)nnc2n1Cc1ccc(F)cc1. The van der Waals surface area contributed by atoms with Crippen LogP contribution in [0, 0.1) is 5.82 Å². The fraction of sp³-hybridized carbons (Fsp3) is 0.318. The molecule has 0 saturated carbocycles. The van der Waals surface area contributed by atoms with Crippen molar-refractivity contribution >= 4 is 88.7 Å². The molecule has 0 radical (unpaired) electrons. The van der Waals surface area contributed by atoms with E-state index in [2.05, 4.69) is 62.1 Å². The molecule has 2 saturated heterocycles. The van der Waals surface area contributed by atoms with Gasteiger partial charge in [0, 0.05) is 40.1 Å². The van der Waals surface area contributed by atoms with Crippen molar-refractivity contribution in [2.24, 2.45) is 0 Å². The number of anilines is 2. The Morgan fingerprint density at radius 1 is 0.533 bits per heavy atom. The molecule has 60 heavy (non-hydrogen) atoms. The van der Waals surface area contributed by atoms with E-state index in [9.17, 15) is 14.0 Å². The van der Waals surface area contributed by atoms with Crippen LogP contribution in [0.2, 0.25) is 5.02 Å². The van der Waals surface area contributed by atoms with E-state index in [1.165, 1.54) is 37.8 Å². The van der Waals surface area contributed by atoms with Gasteiger partial charge in [-0.15, -0.1) is 20.4 Å². The Hall–Kier alpha value is -5.12. The van der Waals surface area contributed by atoms with Crippen molar-refractivity contribution in [1.29, 1.82) is 0 Å². The first-order valence-electron chi connectivity index (χ1n) is 20.4.